The zero-order chi connectivity index (χ0) is 28.1. The molecule has 4 rings (SSSR count). The Labute approximate surface area is 229 Å². The van der Waals surface area contributed by atoms with Crippen LogP contribution in [0.2, 0.25) is 0 Å². The highest BCUT2D eigenvalue weighted by Gasteiger charge is 2.33. The maximum atomic E-state index is 15.0. The highest BCUT2D eigenvalue weighted by molar-refractivity contribution is 7.80. The van der Waals surface area contributed by atoms with Crippen molar-refractivity contribution in [1.82, 2.24) is 10.2 Å². The van der Waals surface area contributed by atoms with Crippen LogP contribution in [0, 0.1) is 5.82 Å². The van der Waals surface area contributed by atoms with Gasteiger partial charge >= 0.3 is 6.09 Å². The van der Waals surface area contributed by atoms with Gasteiger partial charge in [0.05, 0.1) is 30.2 Å². The quantitative estimate of drug-likeness (QED) is 0.445. The van der Waals surface area contributed by atoms with Crippen molar-refractivity contribution in [3.8, 4) is 0 Å². The number of benzene rings is 1. The number of rotatable bonds is 8. The van der Waals surface area contributed by atoms with Gasteiger partial charge in [0.2, 0.25) is 5.43 Å². The van der Waals surface area contributed by atoms with Crippen LogP contribution < -0.4 is 21.0 Å². The van der Waals surface area contributed by atoms with Crippen molar-refractivity contribution in [2.24, 2.45) is 0 Å². The zero-order valence-corrected chi connectivity index (χ0v) is 22.1. The second-order valence-electron chi connectivity index (χ2n) is 9.56. The Morgan fingerprint density at radius 2 is 1.79 bits per heavy atom. The van der Waals surface area contributed by atoms with Gasteiger partial charge in [-0.05, 0) is 55.3 Å². The lowest BCUT2D eigenvalue weighted by Gasteiger charge is -2.31. The number of carbonyl (C=O) groups excluding carboxylic acids is 2. The van der Waals surface area contributed by atoms with E-state index in [0.717, 1.165) is 31.7 Å². The highest BCUT2D eigenvalue weighted by atomic mass is 32.1. The number of amides is 2. The topological polar surface area (TPSA) is 91.0 Å². The Hall–Kier alpha value is -3.67. The van der Waals surface area contributed by atoms with Crippen molar-refractivity contribution < 1.29 is 27.5 Å². The third kappa shape index (κ3) is 6.86. The summed E-state index contributed by atoms with van der Waals surface area (Å²) in [6, 6.07) is 9.81. The van der Waals surface area contributed by atoms with E-state index in [4.69, 9.17) is 4.74 Å². The molecule has 2 amide bonds. The fourth-order valence-corrected chi connectivity index (χ4v) is 4.78. The molecule has 2 aromatic rings. The molecule has 1 heterocycles. The number of carbonyl (C=O) groups is 2. The average Bonchev–Trinajstić information content (AvgIpc) is 3.21. The van der Waals surface area contributed by atoms with E-state index in [9.17, 15) is 27.6 Å². The van der Waals surface area contributed by atoms with E-state index in [-0.39, 0.29) is 42.1 Å². The summed E-state index contributed by atoms with van der Waals surface area (Å²) in [5.74, 6) is -0.916. The molecular weight excluding hydrogens is 533 g/mol. The molecule has 1 saturated heterocycles. The van der Waals surface area contributed by atoms with Crippen LogP contribution in [0.3, 0.4) is 0 Å². The van der Waals surface area contributed by atoms with Crippen LogP contribution in [-0.2, 0) is 4.74 Å². The van der Waals surface area contributed by atoms with Gasteiger partial charge in [-0.3, -0.25) is 14.5 Å². The molecular formula is C27H29F3N4O4S. The first-order valence-electron chi connectivity index (χ1n) is 12.7. The fourth-order valence-electron chi connectivity index (χ4n) is 4.70. The molecule has 1 aliphatic carbocycles. The second-order valence-corrected chi connectivity index (χ2v) is 10.00. The summed E-state index contributed by atoms with van der Waals surface area (Å²) >= 11 is 4.51. The number of nitrogens with zero attached hydrogens (tertiary/aromatic N) is 2. The lowest BCUT2D eigenvalue weighted by Crippen LogP contribution is -2.38. The first-order chi connectivity index (χ1) is 18.6. The van der Waals surface area contributed by atoms with Crippen LogP contribution in [-0.4, -0.2) is 60.6 Å². The van der Waals surface area contributed by atoms with Crippen LogP contribution in [0.1, 0.15) is 42.5 Å². The van der Waals surface area contributed by atoms with E-state index in [1.54, 1.807) is 11.9 Å². The number of ether oxygens (including phenoxy) is 1. The van der Waals surface area contributed by atoms with Crippen LogP contribution in [0.5, 0.6) is 0 Å². The van der Waals surface area contributed by atoms with Gasteiger partial charge in [0.25, 0.3) is 12.3 Å². The maximum absolute atomic E-state index is 15.0. The van der Waals surface area contributed by atoms with E-state index in [0.29, 0.717) is 5.56 Å². The van der Waals surface area contributed by atoms with Gasteiger partial charge in [-0.15, -0.1) is 0 Å². The fraction of sp³-hybridized carbons (Fsp3) is 0.407. The van der Waals surface area contributed by atoms with Crippen molar-refractivity contribution in [3.63, 3.8) is 0 Å². The van der Waals surface area contributed by atoms with E-state index in [1.807, 2.05) is 0 Å². The number of hydrogen-bond donors (Lipinski definition) is 2. The van der Waals surface area contributed by atoms with Gasteiger partial charge in [-0.2, -0.15) is 0 Å². The van der Waals surface area contributed by atoms with E-state index in [2.05, 4.69) is 22.9 Å². The van der Waals surface area contributed by atoms with E-state index >= 15 is 0 Å². The van der Waals surface area contributed by atoms with Gasteiger partial charge < -0.3 is 20.3 Å². The summed E-state index contributed by atoms with van der Waals surface area (Å²) in [6.07, 6.45) is 0.920. The van der Waals surface area contributed by atoms with E-state index in [1.165, 1.54) is 47.7 Å². The first kappa shape index (κ1) is 28.3. The molecule has 0 bridgehead atoms. The van der Waals surface area contributed by atoms with Gasteiger partial charge in [0.1, 0.15) is 16.9 Å². The molecule has 1 saturated carbocycles. The van der Waals surface area contributed by atoms with Crippen LogP contribution in [0.15, 0.2) is 47.3 Å². The molecule has 2 fully saturated rings. The normalized spacial score (nSPS) is 17.6. The van der Waals surface area contributed by atoms with Crippen LogP contribution >= 0.6 is 12.2 Å². The number of halogens is 3. The van der Waals surface area contributed by atoms with Gasteiger partial charge in [0.15, 0.2) is 0 Å². The maximum Gasteiger partial charge on any atom is 0.414 e. The number of hydrogen-bond acceptors (Lipinski definition) is 6. The monoisotopic (exact) mass is 562 g/mol. The summed E-state index contributed by atoms with van der Waals surface area (Å²) in [5, 5.41) is 5.10. The van der Waals surface area contributed by atoms with Crippen LogP contribution in [0.25, 0.3) is 0 Å². The molecule has 2 aromatic carbocycles. The smallest absolute Gasteiger partial charge is 0.414 e. The Morgan fingerprint density at radius 3 is 2.49 bits per heavy atom. The SMILES string of the molecule is CN(C(=O)c1ccc(Nc2ccc(N3C[C@H](CNC(=S)C(F)F)OC3=O)cc2F)c(=O)cc1)C1CCCCC1. The summed E-state index contributed by atoms with van der Waals surface area (Å²) < 4.78 is 45.2. The predicted octanol–water partition coefficient (Wildman–Crippen LogP) is 4.84. The third-order valence-electron chi connectivity index (χ3n) is 6.91. The van der Waals surface area contributed by atoms with Gasteiger partial charge in [-0.25, -0.2) is 18.0 Å². The molecule has 2 N–H and O–H groups in total. The Kier molecular flexibility index (Phi) is 9.05. The predicted molar refractivity (Wildman–Crippen MR) is 146 cm³/mol. The molecule has 12 heteroatoms. The van der Waals surface area contributed by atoms with Crippen molar-refractivity contribution in [2.75, 3.05) is 30.4 Å². The molecule has 8 nitrogen and oxygen atoms in total. The number of anilines is 3. The Morgan fingerprint density at radius 1 is 1.10 bits per heavy atom. The number of alkyl halides is 2. The van der Waals surface area contributed by atoms with Crippen molar-refractivity contribution >= 4 is 46.3 Å². The van der Waals surface area contributed by atoms with Crippen molar-refractivity contribution in [3.05, 3.63) is 64.1 Å². The summed E-state index contributed by atoms with van der Waals surface area (Å²) in [6.45, 7) is -0.0962. The van der Waals surface area contributed by atoms with Gasteiger partial charge in [-0.1, -0.05) is 31.5 Å². The first-order valence-corrected chi connectivity index (χ1v) is 13.1. The molecule has 1 aliphatic heterocycles. The Bertz CT molecular complexity index is 1310. The van der Waals surface area contributed by atoms with Crippen molar-refractivity contribution in [2.45, 2.75) is 50.7 Å². The zero-order valence-electron chi connectivity index (χ0n) is 21.3. The lowest BCUT2D eigenvalue weighted by molar-refractivity contribution is 0.0696. The molecule has 208 valence electrons. The molecule has 39 heavy (non-hydrogen) atoms. The largest absolute Gasteiger partial charge is 0.442 e. The minimum atomic E-state index is -2.82. The Balaban J connectivity index is 1.43. The minimum absolute atomic E-state index is 0.00916. The summed E-state index contributed by atoms with van der Waals surface area (Å²) in [5.41, 5.74) is 0.180. The minimum Gasteiger partial charge on any atom is -0.442 e. The number of nitrogens with one attached hydrogen (secondary N) is 2. The molecule has 0 aromatic heterocycles. The summed E-state index contributed by atoms with van der Waals surface area (Å²) in [7, 11) is 1.77. The molecule has 0 unspecified atom stereocenters. The molecule has 1 atom stereocenters. The van der Waals surface area contributed by atoms with Crippen LogP contribution in [0.4, 0.5) is 35.0 Å². The lowest BCUT2D eigenvalue weighted by atomic mass is 9.94. The van der Waals surface area contributed by atoms with E-state index < -0.39 is 34.9 Å². The number of thiocarbonyl (C=S) groups is 1. The highest BCUT2D eigenvalue weighted by Crippen LogP contribution is 2.27. The summed E-state index contributed by atoms with van der Waals surface area (Å²) in [4.78, 5) is 40.1. The van der Waals surface area contributed by atoms with Gasteiger partial charge in [0, 0.05) is 18.7 Å². The third-order valence-corrected chi connectivity index (χ3v) is 7.23. The number of cyclic esters (lactones) is 1. The average molecular weight is 563 g/mol. The molecule has 0 spiro atoms. The second kappa shape index (κ2) is 12.5. The standard InChI is InChI=1S/C27H29F3N4O4S/c1-33(17-5-3-2-4-6-17)26(36)16-7-10-22(23(35)12-8-16)32-21-11-9-18(13-20(21)28)34-15-19(38-27(34)37)14-31-25(39)24(29)30/h7-13,17,19,24H,2-6,14-15H2,1H3,(H,31,39)(H,32,35)/t19-/m0/s1. The van der Waals surface area contributed by atoms with Crippen molar-refractivity contribution in [1.29, 1.82) is 0 Å². The molecule has 0 radical (unpaired) electrons. The molecule has 2 aliphatic rings.